The highest BCUT2D eigenvalue weighted by Gasteiger charge is 2.22. The number of likely N-dealkylation sites (tertiary alicyclic amines) is 1. The van der Waals surface area contributed by atoms with Crippen molar-refractivity contribution in [1.29, 1.82) is 0 Å². The van der Waals surface area contributed by atoms with Gasteiger partial charge in [0.2, 0.25) is 5.89 Å². The number of amides is 1. The molecule has 5 heteroatoms. The lowest BCUT2D eigenvalue weighted by Gasteiger charge is -2.18. The van der Waals surface area contributed by atoms with E-state index in [1.54, 1.807) is 0 Å². The maximum atomic E-state index is 12.4. The molecule has 1 aromatic heterocycles. The zero-order valence-electron chi connectivity index (χ0n) is 12.5. The minimum absolute atomic E-state index is 0.0290. The van der Waals surface area contributed by atoms with E-state index in [1.807, 2.05) is 4.90 Å². The Bertz CT molecular complexity index is 434. The standard InChI is InChI=1S/C15H25N3O2/c1-11(2)9-12(16)14-17-13(10-20-14)15(19)18-7-5-3-4-6-8-18/h10-12H,3-9,16H2,1-2H3. The van der Waals surface area contributed by atoms with E-state index < -0.39 is 0 Å². The van der Waals surface area contributed by atoms with Crippen LogP contribution < -0.4 is 5.73 Å². The number of hydrogen-bond acceptors (Lipinski definition) is 4. The molecular weight excluding hydrogens is 254 g/mol. The summed E-state index contributed by atoms with van der Waals surface area (Å²) in [5.74, 6) is 0.914. The molecule has 112 valence electrons. The number of carbonyl (C=O) groups excluding carboxylic acids is 1. The summed E-state index contributed by atoms with van der Waals surface area (Å²) in [4.78, 5) is 18.5. The fourth-order valence-corrected chi connectivity index (χ4v) is 2.60. The normalized spacial score (nSPS) is 18.1. The van der Waals surface area contributed by atoms with E-state index >= 15 is 0 Å². The molecule has 5 nitrogen and oxygen atoms in total. The third-order valence-electron chi connectivity index (χ3n) is 3.68. The number of aromatic nitrogens is 1. The van der Waals surface area contributed by atoms with Crippen molar-refractivity contribution in [2.75, 3.05) is 13.1 Å². The Balaban J connectivity index is 2.01. The molecule has 2 N–H and O–H groups in total. The van der Waals surface area contributed by atoms with Crippen LogP contribution in [0.3, 0.4) is 0 Å². The summed E-state index contributed by atoms with van der Waals surface area (Å²) in [5, 5.41) is 0. The molecular formula is C15H25N3O2. The fraction of sp³-hybridized carbons (Fsp3) is 0.733. The molecule has 1 fully saturated rings. The SMILES string of the molecule is CC(C)CC(N)c1nc(C(=O)N2CCCCCC2)co1. The molecule has 1 amide bonds. The van der Waals surface area contributed by atoms with Gasteiger partial charge in [-0.3, -0.25) is 4.79 Å². The molecule has 0 saturated carbocycles. The monoisotopic (exact) mass is 279 g/mol. The summed E-state index contributed by atoms with van der Waals surface area (Å²) in [6.45, 7) is 5.84. The lowest BCUT2D eigenvalue weighted by atomic mass is 10.0. The van der Waals surface area contributed by atoms with Gasteiger partial charge in [-0.05, 0) is 25.2 Å². The summed E-state index contributed by atoms with van der Waals surface area (Å²) >= 11 is 0. The van der Waals surface area contributed by atoms with E-state index in [4.69, 9.17) is 10.2 Å². The van der Waals surface area contributed by atoms with Crippen LogP contribution in [0.5, 0.6) is 0 Å². The highest BCUT2D eigenvalue weighted by atomic mass is 16.3. The summed E-state index contributed by atoms with van der Waals surface area (Å²) < 4.78 is 5.39. The van der Waals surface area contributed by atoms with Gasteiger partial charge in [-0.2, -0.15) is 0 Å². The van der Waals surface area contributed by atoms with Crippen LogP contribution in [-0.4, -0.2) is 28.9 Å². The highest BCUT2D eigenvalue weighted by Crippen LogP contribution is 2.19. The molecule has 0 bridgehead atoms. The van der Waals surface area contributed by atoms with Gasteiger partial charge in [0, 0.05) is 13.1 Å². The van der Waals surface area contributed by atoms with Crippen molar-refractivity contribution in [2.45, 2.75) is 52.0 Å². The Morgan fingerprint density at radius 1 is 1.35 bits per heavy atom. The lowest BCUT2D eigenvalue weighted by molar-refractivity contribution is 0.0755. The number of nitrogens with zero attached hydrogens (tertiary/aromatic N) is 2. The lowest BCUT2D eigenvalue weighted by Crippen LogP contribution is -2.32. The van der Waals surface area contributed by atoms with Crippen molar-refractivity contribution in [2.24, 2.45) is 11.7 Å². The minimum Gasteiger partial charge on any atom is -0.446 e. The molecule has 2 heterocycles. The Morgan fingerprint density at radius 3 is 2.60 bits per heavy atom. The zero-order chi connectivity index (χ0) is 14.5. The Kier molecular flexibility index (Phi) is 5.17. The second kappa shape index (κ2) is 6.88. The van der Waals surface area contributed by atoms with Crippen molar-refractivity contribution in [3.8, 4) is 0 Å². The van der Waals surface area contributed by atoms with Crippen LogP contribution in [-0.2, 0) is 0 Å². The Morgan fingerprint density at radius 2 is 2.00 bits per heavy atom. The molecule has 1 unspecified atom stereocenters. The largest absolute Gasteiger partial charge is 0.446 e. The topological polar surface area (TPSA) is 72.4 Å². The molecule has 0 aromatic carbocycles. The van der Waals surface area contributed by atoms with Gasteiger partial charge in [0.25, 0.3) is 5.91 Å². The van der Waals surface area contributed by atoms with E-state index in [1.165, 1.54) is 19.1 Å². The van der Waals surface area contributed by atoms with Gasteiger partial charge in [0.1, 0.15) is 6.26 Å². The smallest absolute Gasteiger partial charge is 0.275 e. The van der Waals surface area contributed by atoms with Gasteiger partial charge in [0.15, 0.2) is 5.69 Å². The number of hydrogen-bond donors (Lipinski definition) is 1. The van der Waals surface area contributed by atoms with Crippen molar-refractivity contribution in [1.82, 2.24) is 9.88 Å². The summed E-state index contributed by atoms with van der Waals surface area (Å²) in [6, 6.07) is -0.235. The third-order valence-corrected chi connectivity index (χ3v) is 3.68. The van der Waals surface area contributed by atoms with Crippen molar-refractivity contribution >= 4 is 5.91 Å². The van der Waals surface area contributed by atoms with Crippen LogP contribution in [0.4, 0.5) is 0 Å². The highest BCUT2D eigenvalue weighted by molar-refractivity contribution is 5.92. The first-order valence-corrected chi connectivity index (χ1v) is 7.58. The van der Waals surface area contributed by atoms with Gasteiger partial charge >= 0.3 is 0 Å². The van der Waals surface area contributed by atoms with Crippen molar-refractivity contribution < 1.29 is 9.21 Å². The summed E-state index contributed by atoms with van der Waals surface area (Å²) in [7, 11) is 0. The number of rotatable bonds is 4. The van der Waals surface area contributed by atoms with Crippen LogP contribution in [0.2, 0.25) is 0 Å². The first kappa shape index (κ1) is 15.0. The second-order valence-corrected chi connectivity index (χ2v) is 6.01. The first-order chi connectivity index (χ1) is 9.58. The maximum absolute atomic E-state index is 12.4. The quantitative estimate of drug-likeness (QED) is 0.919. The number of oxazole rings is 1. The summed E-state index contributed by atoms with van der Waals surface area (Å²) in [6.07, 6.45) is 6.80. The fourth-order valence-electron chi connectivity index (χ4n) is 2.60. The molecule has 1 aliphatic heterocycles. The molecule has 2 rings (SSSR count). The van der Waals surface area contributed by atoms with Gasteiger partial charge < -0.3 is 15.1 Å². The van der Waals surface area contributed by atoms with Gasteiger partial charge in [-0.15, -0.1) is 0 Å². The van der Waals surface area contributed by atoms with E-state index in [0.29, 0.717) is 17.5 Å². The molecule has 1 aliphatic rings. The van der Waals surface area contributed by atoms with E-state index in [9.17, 15) is 4.79 Å². The Labute approximate surface area is 120 Å². The van der Waals surface area contributed by atoms with Crippen LogP contribution in [0.1, 0.15) is 68.4 Å². The molecule has 1 aromatic rings. The predicted octanol–water partition coefficient (Wildman–Crippen LogP) is 2.74. The summed E-state index contributed by atoms with van der Waals surface area (Å²) in [5.41, 5.74) is 6.42. The average molecular weight is 279 g/mol. The second-order valence-electron chi connectivity index (χ2n) is 6.01. The van der Waals surface area contributed by atoms with Crippen LogP contribution in [0.25, 0.3) is 0 Å². The van der Waals surface area contributed by atoms with Crippen LogP contribution >= 0.6 is 0 Å². The predicted molar refractivity (Wildman–Crippen MR) is 77.3 cm³/mol. The van der Waals surface area contributed by atoms with Crippen LogP contribution in [0, 0.1) is 5.92 Å². The zero-order valence-corrected chi connectivity index (χ0v) is 12.5. The maximum Gasteiger partial charge on any atom is 0.275 e. The molecule has 1 atom stereocenters. The minimum atomic E-state index is -0.235. The Hall–Kier alpha value is -1.36. The van der Waals surface area contributed by atoms with Crippen molar-refractivity contribution in [3.05, 3.63) is 17.8 Å². The first-order valence-electron chi connectivity index (χ1n) is 7.58. The third kappa shape index (κ3) is 3.82. The van der Waals surface area contributed by atoms with Crippen molar-refractivity contribution in [3.63, 3.8) is 0 Å². The van der Waals surface area contributed by atoms with E-state index in [2.05, 4.69) is 18.8 Å². The van der Waals surface area contributed by atoms with Gasteiger partial charge in [0.05, 0.1) is 6.04 Å². The number of carbonyl (C=O) groups is 1. The molecule has 0 aliphatic carbocycles. The number of nitrogens with two attached hydrogens (primary N) is 1. The van der Waals surface area contributed by atoms with E-state index in [0.717, 1.165) is 32.4 Å². The molecule has 0 spiro atoms. The average Bonchev–Trinajstić information content (AvgIpc) is 2.73. The molecule has 0 radical (unpaired) electrons. The molecule has 1 saturated heterocycles. The van der Waals surface area contributed by atoms with Crippen LogP contribution in [0.15, 0.2) is 10.7 Å². The van der Waals surface area contributed by atoms with Gasteiger partial charge in [-0.1, -0.05) is 26.7 Å². The van der Waals surface area contributed by atoms with Gasteiger partial charge in [-0.25, -0.2) is 4.98 Å². The molecule has 20 heavy (non-hydrogen) atoms. The van der Waals surface area contributed by atoms with E-state index in [-0.39, 0.29) is 11.9 Å².